The molecular formula is C10H14N2O2S. The third-order valence-electron chi connectivity index (χ3n) is 1.70. The van der Waals surface area contributed by atoms with Crippen LogP contribution >= 0.6 is 11.3 Å². The van der Waals surface area contributed by atoms with Gasteiger partial charge in [-0.05, 0) is 13.3 Å². The summed E-state index contributed by atoms with van der Waals surface area (Å²) in [6, 6.07) is 0. The van der Waals surface area contributed by atoms with E-state index in [2.05, 4.69) is 4.98 Å². The van der Waals surface area contributed by atoms with Crippen LogP contribution in [0.15, 0.2) is 11.5 Å². The van der Waals surface area contributed by atoms with Crippen molar-refractivity contribution in [2.24, 2.45) is 0 Å². The van der Waals surface area contributed by atoms with Gasteiger partial charge in [-0.3, -0.25) is 0 Å². The number of nitrogens with two attached hydrogens (primary N) is 1. The number of thiazole rings is 1. The lowest BCUT2D eigenvalue weighted by Gasteiger charge is -2.03. The fourth-order valence-electron chi connectivity index (χ4n) is 1.12. The van der Waals surface area contributed by atoms with Crippen molar-refractivity contribution in [3.63, 3.8) is 0 Å². The number of carbonyl (C=O) groups excluding carboxylic acids is 1. The molecule has 0 radical (unpaired) electrons. The largest absolute Gasteiger partial charge is 0.462 e. The van der Waals surface area contributed by atoms with Gasteiger partial charge in [0.25, 0.3) is 0 Å². The molecule has 0 aliphatic carbocycles. The van der Waals surface area contributed by atoms with Crippen LogP contribution < -0.4 is 5.73 Å². The predicted octanol–water partition coefficient (Wildman–Crippen LogP) is 2.08. The lowest BCUT2D eigenvalue weighted by atomic mass is 10.2. The highest BCUT2D eigenvalue weighted by atomic mass is 32.1. The topological polar surface area (TPSA) is 65.2 Å². The predicted molar refractivity (Wildman–Crippen MR) is 61.4 cm³/mol. The lowest BCUT2D eigenvalue weighted by molar-refractivity contribution is -0.136. The quantitative estimate of drug-likeness (QED) is 0.630. The Labute approximate surface area is 92.8 Å². The number of ether oxygens (including phenoxy) is 1. The first-order chi connectivity index (χ1) is 7.19. The Balaban J connectivity index is 2.93. The van der Waals surface area contributed by atoms with Crippen molar-refractivity contribution in [1.82, 2.24) is 4.98 Å². The van der Waals surface area contributed by atoms with E-state index in [4.69, 9.17) is 10.5 Å². The molecular weight excluding hydrogens is 212 g/mol. The van der Waals surface area contributed by atoms with Crippen molar-refractivity contribution in [3.8, 4) is 0 Å². The molecule has 0 spiro atoms. The molecule has 1 heterocycles. The highest BCUT2D eigenvalue weighted by Crippen LogP contribution is 2.20. The molecule has 0 saturated heterocycles. The smallest absolute Gasteiger partial charge is 0.340 e. The number of hydrogen-bond donors (Lipinski definition) is 1. The summed E-state index contributed by atoms with van der Waals surface area (Å²) < 4.78 is 4.94. The number of esters is 1. The number of hydrogen-bond acceptors (Lipinski definition) is 5. The molecule has 82 valence electrons. The van der Waals surface area contributed by atoms with Crippen molar-refractivity contribution >= 4 is 28.0 Å². The lowest BCUT2D eigenvalue weighted by Crippen LogP contribution is -2.07. The summed E-state index contributed by atoms with van der Waals surface area (Å²) in [5.74, 6) is -0.343. The summed E-state index contributed by atoms with van der Waals surface area (Å²) in [5.41, 5.74) is 6.60. The van der Waals surface area contributed by atoms with Crippen LogP contribution in [0.4, 0.5) is 5.13 Å². The maximum absolute atomic E-state index is 11.6. The van der Waals surface area contributed by atoms with Gasteiger partial charge < -0.3 is 10.5 Å². The van der Waals surface area contributed by atoms with Crippen molar-refractivity contribution in [1.29, 1.82) is 0 Å². The Bertz CT molecular complexity index is 371. The summed E-state index contributed by atoms with van der Waals surface area (Å²) >= 11 is 1.31. The molecule has 15 heavy (non-hydrogen) atoms. The molecule has 0 aliphatic rings. The van der Waals surface area contributed by atoms with Gasteiger partial charge in [-0.1, -0.05) is 13.0 Å². The second kappa shape index (κ2) is 5.50. The van der Waals surface area contributed by atoms with Crippen LogP contribution in [0.1, 0.15) is 26.0 Å². The molecule has 0 unspecified atom stereocenters. The molecule has 4 nitrogen and oxygen atoms in total. The summed E-state index contributed by atoms with van der Waals surface area (Å²) in [7, 11) is 0. The fraction of sp³-hybridized carbons (Fsp3) is 0.400. The molecule has 5 heteroatoms. The standard InChI is InChI=1S/C10H14N2O2S/c1-3-5-7(9(13)14-4-2)8-6-15-10(11)12-8/h5-6H,3-4H2,1-2H3,(H2,11,12)/b7-5+. The zero-order valence-corrected chi connectivity index (χ0v) is 9.63. The molecule has 1 rings (SSSR count). The van der Waals surface area contributed by atoms with Gasteiger partial charge >= 0.3 is 5.97 Å². The van der Waals surface area contributed by atoms with Crippen molar-refractivity contribution in [3.05, 3.63) is 17.2 Å². The zero-order valence-electron chi connectivity index (χ0n) is 8.82. The van der Waals surface area contributed by atoms with Gasteiger partial charge in [0.1, 0.15) is 0 Å². The van der Waals surface area contributed by atoms with Gasteiger partial charge in [0.15, 0.2) is 5.13 Å². The van der Waals surface area contributed by atoms with E-state index in [0.29, 0.717) is 23.0 Å². The zero-order chi connectivity index (χ0) is 11.3. The van der Waals surface area contributed by atoms with Gasteiger partial charge in [-0.2, -0.15) is 0 Å². The molecule has 2 N–H and O–H groups in total. The number of nitrogen functional groups attached to an aromatic ring is 1. The monoisotopic (exact) mass is 226 g/mol. The normalized spacial score (nSPS) is 11.5. The van der Waals surface area contributed by atoms with Crippen LogP contribution in [0.25, 0.3) is 5.57 Å². The molecule has 0 saturated carbocycles. The van der Waals surface area contributed by atoms with Crippen LogP contribution in [0, 0.1) is 0 Å². The average molecular weight is 226 g/mol. The molecule has 0 fully saturated rings. The maximum atomic E-state index is 11.6. The second-order valence-corrected chi connectivity index (χ2v) is 3.71. The first kappa shape index (κ1) is 11.7. The number of rotatable bonds is 4. The molecule has 1 aromatic heterocycles. The molecule has 0 amide bonds. The van der Waals surface area contributed by atoms with Gasteiger partial charge in [-0.15, -0.1) is 11.3 Å². The Kier molecular flexibility index (Phi) is 4.30. The number of allylic oxidation sites excluding steroid dienone is 1. The number of aromatic nitrogens is 1. The van der Waals surface area contributed by atoms with Crippen LogP contribution in [0.3, 0.4) is 0 Å². The summed E-state index contributed by atoms with van der Waals surface area (Å²) in [4.78, 5) is 15.6. The minimum Gasteiger partial charge on any atom is -0.462 e. The first-order valence-corrected chi connectivity index (χ1v) is 5.65. The molecule has 0 aromatic carbocycles. The Morgan fingerprint density at radius 1 is 1.67 bits per heavy atom. The highest BCUT2D eigenvalue weighted by Gasteiger charge is 2.15. The van der Waals surface area contributed by atoms with E-state index in [1.54, 1.807) is 18.4 Å². The summed E-state index contributed by atoms with van der Waals surface area (Å²) in [6.07, 6.45) is 2.55. The van der Waals surface area contributed by atoms with Gasteiger partial charge in [0.05, 0.1) is 17.9 Å². The van der Waals surface area contributed by atoms with Gasteiger partial charge in [-0.25, -0.2) is 9.78 Å². The van der Waals surface area contributed by atoms with E-state index in [1.807, 2.05) is 6.92 Å². The third-order valence-corrected chi connectivity index (χ3v) is 2.38. The van der Waals surface area contributed by atoms with E-state index in [1.165, 1.54) is 11.3 Å². The average Bonchev–Trinajstić information content (AvgIpc) is 2.61. The van der Waals surface area contributed by atoms with Crippen LogP contribution in [0.2, 0.25) is 0 Å². The Morgan fingerprint density at radius 2 is 2.40 bits per heavy atom. The van der Waals surface area contributed by atoms with Crippen LogP contribution in [0.5, 0.6) is 0 Å². The molecule has 1 aromatic rings. The number of anilines is 1. The van der Waals surface area contributed by atoms with Crippen molar-refractivity contribution in [2.45, 2.75) is 20.3 Å². The summed E-state index contributed by atoms with van der Waals surface area (Å²) in [6.45, 7) is 4.09. The molecule has 0 aliphatic heterocycles. The van der Waals surface area contributed by atoms with Crippen LogP contribution in [-0.2, 0) is 9.53 Å². The van der Waals surface area contributed by atoms with E-state index >= 15 is 0 Å². The summed E-state index contributed by atoms with van der Waals surface area (Å²) in [5, 5.41) is 2.21. The Morgan fingerprint density at radius 3 is 2.87 bits per heavy atom. The van der Waals surface area contributed by atoms with Gasteiger partial charge in [0, 0.05) is 5.38 Å². The minimum absolute atomic E-state index is 0.343. The third kappa shape index (κ3) is 3.06. The maximum Gasteiger partial charge on any atom is 0.340 e. The SMILES string of the molecule is CC/C=C(/C(=O)OCC)c1csc(N)n1. The van der Waals surface area contributed by atoms with E-state index in [9.17, 15) is 4.79 Å². The first-order valence-electron chi connectivity index (χ1n) is 4.77. The van der Waals surface area contributed by atoms with Crippen molar-refractivity contribution < 1.29 is 9.53 Å². The molecule has 0 atom stereocenters. The minimum atomic E-state index is -0.343. The van der Waals surface area contributed by atoms with Crippen LogP contribution in [-0.4, -0.2) is 17.6 Å². The van der Waals surface area contributed by atoms with Crippen molar-refractivity contribution in [2.75, 3.05) is 12.3 Å². The Hall–Kier alpha value is -1.36. The van der Waals surface area contributed by atoms with E-state index < -0.39 is 0 Å². The second-order valence-electron chi connectivity index (χ2n) is 2.82. The van der Waals surface area contributed by atoms with Gasteiger partial charge in [0.2, 0.25) is 0 Å². The highest BCUT2D eigenvalue weighted by molar-refractivity contribution is 7.13. The molecule has 0 bridgehead atoms. The fourth-order valence-corrected chi connectivity index (χ4v) is 1.68. The number of carbonyl (C=O) groups is 1. The number of nitrogens with zero attached hydrogens (tertiary/aromatic N) is 1. The van der Waals surface area contributed by atoms with E-state index in [-0.39, 0.29) is 5.97 Å². The van der Waals surface area contributed by atoms with E-state index in [0.717, 1.165) is 6.42 Å².